The van der Waals surface area contributed by atoms with E-state index in [0.717, 1.165) is 11.3 Å². The smallest absolute Gasteiger partial charge is 0.261 e. The summed E-state index contributed by atoms with van der Waals surface area (Å²) < 4.78 is 5.22. The summed E-state index contributed by atoms with van der Waals surface area (Å²) in [4.78, 5) is 24.1. The van der Waals surface area contributed by atoms with E-state index < -0.39 is 0 Å². The first-order valence-electron chi connectivity index (χ1n) is 6.91. The highest BCUT2D eigenvalue weighted by Gasteiger charge is 2.08. The number of nitrogens with one attached hydrogen (secondary N) is 2. The van der Waals surface area contributed by atoms with Crippen molar-refractivity contribution in [2.45, 2.75) is 13.0 Å². The van der Waals surface area contributed by atoms with E-state index in [1.807, 2.05) is 35.7 Å². The Labute approximate surface area is 133 Å². The van der Waals surface area contributed by atoms with Crippen molar-refractivity contribution in [3.05, 3.63) is 52.2 Å². The molecule has 0 saturated carbocycles. The molecule has 0 atom stereocenters. The maximum Gasteiger partial charge on any atom is 0.261 e. The summed E-state index contributed by atoms with van der Waals surface area (Å²) >= 11 is 1.38. The number of hydrogen-bond acceptors (Lipinski definition) is 4. The summed E-state index contributed by atoms with van der Waals surface area (Å²) in [5.41, 5.74) is 0.918. The Hall–Kier alpha value is -2.34. The number of thiophene rings is 1. The molecule has 0 unspecified atom stereocenters. The zero-order valence-electron chi connectivity index (χ0n) is 12.3. The second-order valence-corrected chi connectivity index (χ2v) is 5.52. The zero-order valence-corrected chi connectivity index (χ0v) is 13.1. The topological polar surface area (TPSA) is 67.4 Å². The van der Waals surface area contributed by atoms with Crippen LogP contribution < -0.4 is 15.4 Å². The summed E-state index contributed by atoms with van der Waals surface area (Å²) in [6, 6.07) is 11.1. The van der Waals surface area contributed by atoms with Gasteiger partial charge in [0.05, 0.1) is 12.0 Å². The van der Waals surface area contributed by atoms with E-state index in [1.54, 1.807) is 13.2 Å². The van der Waals surface area contributed by atoms with Crippen molar-refractivity contribution < 1.29 is 14.3 Å². The first kappa shape index (κ1) is 16.0. The number of amides is 2. The number of benzene rings is 1. The molecule has 0 bridgehead atoms. The first-order valence-corrected chi connectivity index (χ1v) is 7.79. The molecule has 0 aliphatic heterocycles. The third kappa shape index (κ3) is 4.60. The molecule has 1 heterocycles. The molecule has 0 spiro atoms. The molecule has 5 nitrogen and oxygen atoms in total. The van der Waals surface area contributed by atoms with Crippen LogP contribution in [0.25, 0.3) is 0 Å². The molecule has 2 N–H and O–H groups in total. The van der Waals surface area contributed by atoms with Gasteiger partial charge in [-0.05, 0) is 17.5 Å². The number of carbonyl (C=O) groups is 2. The van der Waals surface area contributed by atoms with Gasteiger partial charge in [0.15, 0.2) is 0 Å². The molecule has 0 aliphatic carbocycles. The van der Waals surface area contributed by atoms with E-state index in [1.165, 1.54) is 11.3 Å². The quantitative estimate of drug-likeness (QED) is 0.822. The molecule has 2 aromatic rings. The van der Waals surface area contributed by atoms with Gasteiger partial charge in [-0.15, -0.1) is 11.3 Å². The third-order valence-corrected chi connectivity index (χ3v) is 3.92. The Kier molecular flexibility index (Phi) is 5.97. The van der Waals surface area contributed by atoms with Crippen LogP contribution in [0.4, 0.5) is 0 Å². The van der Waals surface area contributed by atoms with Crippen LogP contribution in [0.5, 0.6) is 5.75 Å². The molecule has 6 heteroatoms. The minimum Gasteiger partial charge on any atom is -0.496 e. The third-order valence-electron chi connectivity index (χ3n) is 3.05. The molecule has 22 heavy (non-hydrogen) atoms. The minimum atomic E-state index is -0.146. The van der Waals surface area contributed by atoms with Crippen LogP contribution in [0.1, 0.15) is 21.7 Å². The van der Waals surface area contributed by atoms with Crippen molar-refractivity contribution in [1.29, 1.82) is 0 Å². The highest BCUT2D eigenvalue weighted by atomic mass is 32.1. The average Bonchev–Trinajstić information content (AvgIpc) is 3.07. The fourth-order valence-electron chi connectivity index (χ4n) is 1.92. The van der Waals surface area contributed by atoms with Crippen LogP contribution in [-0.4, -0.2) is 25.5 Å². The molecule has 0 aliphatic rings. The van der Waals surface area contributed by atoms with E-state index in [-0.39, 0.29) is 18.2 Å². The maximum atomic E-state index is 11.8. The molecule has 2 amide bonds. The first-order chi connectivity index (χ1) is 10.7. The Morgan fingerprint density at radius 1 is 1.14 bits per heavy atom. The standard InChI is InChI=1S/C16H18N2O3S/c1-21-13-6-3-2-5-12(13)11-18-15(19)8-9-17-16(20)14-7-4-10-22-14/h2-7,10H,8-9,11H2,1H3,(H,17,20)(H,18,19). The van der Waals surface area contributed by atoms with Crippen molar-refractivity contribution in [3.63, 3.8) is 0 Å². The van der Waals surface area contributed by atoms with Crippen molar-refractivity contribution >= 4 is 23.2 Å². The predicted molar refractivity (Wildman–Crippen MR) is 86.1 cm³/mol. The normalized spacial score (nSPS) is 10.0. The molecule has 116 valence electrons. The number of para-hydroxylation sites is 1. The van der Waals surface area contributed by atoms with E-state index >= 15 is 0 Å². The molecule has 1 aromatic heterocycles. The molecule has 0 radical (unpaired) electrons. The zero-order chi connectivity index (χ0) is 15.8. The Bertz CT molecular complexity index is 626. The average molecular weight is 318 g/mol. The number of carbonyl (C=O) groups excluding carboxylic acids is 2. The van der Waals surface area contributed by atoms with Crippen LogP contribution in [0.15, 0.2) is 41.8 Å². The van der Waals surface area contributed by atoms with Gasteiger partial charge in [-0.1, -0.05) is 24.3 Å². The van der Waals surface area contributed by atoms with Gasteiger partial charge in [0.2, 0.25) is 5.91 Å². The lowest BCUT2D eigenvalue weighted by molar-refractivity contribution is -0.121. The van der Waals surface area contributed by atoms with Gasteiger partial charge < -0.3 is 15.4 Å². The van der Waals surface area contributed by atoms with E-state index in [9.17, 15) is 9.59 Å². The largest absolute Gasteiger partial charge is 0.496 e. The molecule has 2 rings (SSSR count). The highest BCUT2D eigenvalue weighted by Crippen LogP contribution is 2.16. The summed E-state index contributed by atoms with van der Waals surface area (Å²) in [5, 5.41) is 7.38. The summed E-state index contributed by atoms with van der Waals surface area (Å²) in [7, 11) is 1.60. The van der Waals surface area contributed by atoms with Crippen molar-refractivity contribution in [1.82, 2.24) is 10.6 Å². The number of ether oxygens (including phenoxy) is 1. The van der Waals surface area contributed by atoms with Gasteiger partial charge in [0.1, 0.15) is 5.75 Å². The van der Waals surface area contributed by atoms with Crippen LogP contribution >= 0.6 is 11.3 Å². The Balaban J connectivity index is 1.71. The summed E-state index contributed by atoms with van der Waals surface area (Å²) in [6.07, 6.45) is 0.242. The van der Waals surface area contributed by atoms with Crippen molar-refractivity contribution in [2.24, 2.45) is 0 Å². The SMILES string of the molecule is COc1ccccc1CNC(=O)CCNC(=O)c1cccs1. The monoisotopic (exact) mass is 318 g/mol. The van der Waals surface area contributed by atoms with E-state index in [2.05, 4.69) is 10.6 Å². The van der Waals surface area contributed by atoms with Crippen LogP contribution in [-0.2, 0) is 11.3 Å². The van der Waals surface area contributed by atoms with Crippen LogP contribution in [0.2, 0.25) is 0 Å². The minimum absolute atomic E-state index is 0.114. The number of hydrogen-bond donors (Lipinski definition) is 2. The lowest BCUT2D eigenvalue weighted by Gasteiger charge is -2.09. The van der Waals surface area contributed by atoms with E-state index in [4.69, 9.17) is 4.74 Å². The van der Waals surface area contributed by atoms with E-state index in [0.29, 0.717) is 18.0 Å². The number of methoxy groups -OCH3 is 1. The molecule has 0 saturated heterocycles. The fourth-order valence-corrected chi connectivity index (χ4v) is 2.56. The van der Waals surface area contributed by atoms with Gasteiger partial charge in [-0.25, -0.2) is 0 Å². The van der Waals surface area contributed by atoms with Crippen molar-refractivity contribution in [3.8, 4) is 5.75 Å². The van der Waals surface area contributed by atoms with Gasteiger partial charge in [0, 0.05) is 25.1 Å². The predicted octanol–water partition coefficient (Wildman–Crippen LogP) is 2.19. The van der Waals surface area contributed by atoms with Gasteiger partial charge >= 0.3 is 0 Å². The van der Waals surface area contributed by atoms with Gasteiger partial charge in [0.25, 0.3) is 5.91 Å². The molecule has 0 fully saturated rings. The molecule has 1 aromatic carbocycles. The highest BCUT2D eigenvalue weighted by molar-refractivity contribution is 7.12. The van der Waals surface area contributed by atoms with Crippen molar-refractivity contribution in [2.75, 3.05) is 13.7 Å². The van der Waals surface area contributed by atoms with Crippen LogP contribution in [0.3, 0.4) is 0 Å². The van der Waals surface area contributed by atoms with Crippen LogP contribution in [0, 0.1) is 0 Å². The second-order valence-electron chi connectivity index (χ2n) is 4.57. The van der Waals surface area contributed by atoms with Gasteiger partial charge in [-0.2, -0.15) is 0 Å². The lowest BCUT2D eigenvalue weighted by Crippen LogP contribution is -2.30. The molecular weight excluding hydrogens is 300 g/mol. The lowest BCUT2D eigenvalue weighted by atomic mass is 10.2. The summed E-state index contributed by atoms with van der Waals surface area (Å²) in [5.74, 6) is 0.485. The molecular formula is C16H18N2O3S. The summed E-state index contributed by atoms with van der Waals surface area (Å²) in [6.45, 7) is 0.718. The maximum absolute atomic E-state index is 11.8. The van der Waals surface area contributed by atoms with Gasteiger partial charge in [-0.3, -0.25) is 9.59 Å². The Morgan fingerprint density at radius 2 is 1.95 bits per heavy atom. The Morgan fingerprint density at radius 3 is 2.68 bits per heavy atom. The number of rotatable bonds is 7. The fraction of sp³-hybridized carbons (Fsp3) is 0.250. The second kappa shape index (κ2) is 8.19.